The maximum atomic E-state index is 13.6. The van der Waals surface area contributed by atoms with Crippen LogP contribution in [0.2, 0.25) is 0 Å². The fraction of sp³-hybridized carbons (Fsp3) is 0.294. The third-order valence-electron chi connectivity index (χ3n) is 6.66. The molecule has 3 aromatic rings. The zero-order chi connectivity index (χ0) is 32.3. The van der Waals surface area contributed by atoms with E-state index in [0.717, 1.165) is 11.1 Å². The number of alkyl carbamates (subject to hydrolysis) is 2. The molecule has 0 fully saturated rings. The standard InChI is InChI=1S/C34H40N4O7/c1-2-21-44-33(42)35-20-10-9-15-29(31(40)36-28-18-16-26(23-39)17-19-28)37-32(41)30(22-25-11-5-3-6-12-25)38-34(43)45-24-27-13-7-4-8-14-27/h2-8,11-14,16-19,29-30,39H,1,9-10,15,20-24H2,(H,35,42)(H,36,40)(H,37,41)(H,38,43). The van der Waals surface area contributed by atoms with Crippen molar-refractivity contribution < 1.29 is 33.8 Å². The van der Waals surface area contributed by atoms with Crippen LogP contribution in [0.4, 0.5) is 15.3 Å². The highest BCUT2D eigenvalue weighted by atomic mass is 16.6. The minimum atomic E-state index is -1.03. The molecule has 0 spiro atoms. The van der Waals surface area contributed by atoms with Gasteiger partial charge in [-0.3, -0.25) is 9.59 Å². The molecule has 0 heterocycles. The van der Waals surface area contributed by atoms with Gasteiger partial charge in [-0.05, 0) is 48.1 Å². The van der Waals surface area contributed by atoms with Crippen LogP contribution in [-0.4, -0.2) is 54.3 Å². The predicted octanol–water partition coefficient (Wildman–Crippen LogP) is 4.22. The highest BCUT2D eigenvalue weighted by Gasteiger charge is 2.27. The minimum Gasteiger partial charge on any atom is -0.445 e. The molecule has 2 unspecified atom stereocenters. The Hall–Kier alpha value is -5.16. The van der Waals surface area contributed by atoms with Crippen LogP contribution in [0.5, 0.6) is 0 Å². The summed E-state index contributed by atoms with van der Waals surface area (Å²) in [6.07, 6.45) is 1.55. The smallest absolute Gasteiger partial charge is 0.408 e. The molecule has 2 atom stereocenters. The molecule has 11 heteroatoms. The molecule has 0 aliphatic rings. The van der Waals surface area contributed by atoms with Crippen LogP contribution in [-0.2, 0) is 38.7 Å². The van der Waals surface area contributed by atoms with Crippen LogP contribution in [0, 0.1) is 0 Å². The lowest BCUT2D eigenvalue weighted by atomic mass is 10.0. The molecule has 0 saturated heterocycles. The summed E-state index contributed by atoms with van der Waals surface area (Å²) >= 11 is 0. The van der Waals surface area contributed by atoms with Gasteiger partial charge < -0.3 is 35.8 Å². The Labute approximate surface area is 263 Å². The third kappa shape index (κ3) is 12.9. The quantitative estimate of drug-likeness (QED) is 0.112. The number of aliphatic hydroxyl groups excluding tert-OH is 1. The molecule has 11 nitrogen and oxygen atoms in total. The highest BCUT2D eigenvalue weighted by molar-refractivity contribution is 5.98. The van der Waals surface area contributed by atoms with E-state index in [1.165, 1.54) is 6.08 Å². The van der Waals surface area contributed by atoms with Crippen LogP contribution in [0.3, 0.4) is 0 Å². The first-order valence-corrected chi connectivity index (χ1v) is 14.7. The van der Waals surface area contributed by atoms with Crippen molar-refractivity contribution in [2.45, 2.75) is 51.0 Å². The molecule has 0 saturated carbocycles. The second kappa shape index (κ2) is 19.2. The summed E-state index contributed by atoms with van der Waals surface area (Å²) in [5.74, 6) is -1.01. The molecule has 0 aliphatic heterocycles. The number of carbonyl (C=O) groups excluding carboxylic acids is 4. The maximum absolute atomic E-state index is 13.6. The summed E-state index contributed by atoms with van der Waals surface area (Å²) in [7, 11) is 0. The van der Waals surface area contributed by atoms with E-state index < -0.39 is 36.1 Å². The predicted molar refractivity (Wildman–Crippen MR) is 170 cm³/mol. The van der Waals surface area contributed by atoms with Gasteiger partial charge in [-0.25, -0.2) is 9.59 Å². The van der Waals surface area contributed by atoms with E-state index in [2.05, 4.69) is 27.8 Å². The number of rotatable bonds is 17. The first kappa shape index (κ1) is 34.3. The first-order chi connectivity index (χ1) is 21.9. The van der Waals surface area contributed by atoms with Crippen molar-refractivity contribution in [3.8, 4) is 0 Å². The largest absolute Gasteiger partial charge is 0.445 e. The number of aliphatic hydroxyl groups is 1. The molecular weight excluding hydrogens is 576 g/mol. The molecule has 0 bridgehead atoms. The van der Waals surface area contributed by atoms with E-state index in [4.69, 9.17) is 9.47 Å². The van der Waals surface area contributed by atoms with Crippen molar-refractivity contribution in [1.82, 2.24) is 16.0 Å². The second-order valence-electron chi connectivity index (χ2n) is 10.2. The zero-order valence-corrected chi connectivity index (χ0v) is 25.1. The number of ether oxygens (including phenoxy) is 2. The Balaban J connectivity index is 1.68. The number of benzene rings is 3. The highest BCUT2D eigenvalue weighted by Crippen LogP contribution is 2.13. The SMILES string of the molecule is C=CCOC(=O)NCCCCC(NC(=O)C(Cc1ccccc1)NC(=O)OCc1ccccc1)C(=O)Nc1ccc(CO)cc1. The average Bonchev–Trinajstić information content (AvgIpc) is 3.06. The van der Waals surface area contributed by atoms with Gasteiger partial charge in [0, 0.05) is 18.7 Å². The summed E-state index contributed by atoms with van der Waals surface area (Å²) < 4.78 is 10.2. The summed E-state index contributed by atoms with van der Waals surface area (Å²) in [6.45, 7) is 3.80. The van der Waals surface area contributed by atoms with Gasteiger partial charge in [-0.2, -0.15) is 0 Å². The van der Waals surface area contributed by atoms with Crippen molar-refractivity contribution in [3.63, 3.8) is 0 Å². The molecule has 0 radical (unpaired) electrons. The summed E-state index contributed by atoms with van der Waals surface area (Å²) in [5.41, 5.74) is 2.78. The lowest BCUT2D eigenvalue weighted by Crippen LogP contribution is -2.53. The van der Waals surface area contributed by atoms with Crippen molar-refractivity contribution in [2.75, 3.05) is 18.5 Å². The number of carbonyl (C=O) groups is 4. The number of nitrogens with one attached hydrogen (secondary N) is 4. The van der Waals surface area contributed by atoms with Crippen molar-refractivity contribution in [1.29, 1.82) is 0 Å². The Morgan fingerprint density at radius 1 is 0.733 bits per heavy atom. The summed E-state index contributed by atoms with van der Waals surface area (Å²) in [4.78, 5) is 51.4. The molecule has 3 aromatic carbocycles. The van der Waals surface area contributed by atoms with Gasteiger partial charge in [0.15, 0.2) is 0 Å². The van der Waals surface area contributed by atoms with Gasteiger partial charge >= 0.3 is 12.2 Å². The number of unbranched alkanes of at least 4 members (excludes halogenated alkanes) is 1. The van der Waals surface area contributed by atoms with Crippen molar-refractivity contribution in [3.05, 3.63) is 114 Å². The fourth-order valence-electron chi connectivity index (χ4n) is 4.28. The zero-order valence-electron chi connectivity index (χ0n) is 25.1. The third-order valence-corrected chi connectivity index (χ3v) is 6.66. The van der Waals surface area contributed by atoms with Crippen molar-refractivity contribution >= 4 is 29.7 Å². The van der Waals surface area contributed by atoms with Gasteiger partial charge in [0.05, 0.1) is 6.61 Å². The molecular formula is C34H40N4O7. The van der Waals surface area contributed by atoms with Crippen LogP contribution >= 0.6 is 0 Å². The topological polar surface area (TPSA) is 155 Å². The number of amides is 4. The normalized spacial score (nSPS) is 11.8. The van der Waals surface area contributed by atoms with Gasteiger partial charge in [-0.15, -0.1) is 0 Å². The second-order valence-corrected chi connectivity index (χ2v) is 10.2. The number of hydrogen-bond donors (Lipinski definition) is 5. The summed E-state index contributed by atoms with van der Waals surface area (Å²) in [6, 6.07) is 23.0. The molecule has 5 N–H and O–H groups in total. The Morgan fingerprint density at radius 3 is 2.04 bits per heavy atom. The molecule has 3 rings (SSSR count). The Kier molecular flexibility index (Phi) is 14.6. The molecule has 4 amide bonds. The van der Waals surface area contributed by atoms with Crippen LogP contribution in [0.15, 0.2) is 97.6 Å². The monoisotopic (exact) mass is 616 g/mol. The van der Waals surface area contributed by atoms with Crippen LogP contribution in [0.25, 0.3) is 0 Å². The van der Waals surface area contributed by atoms with E-state index in [1.54, 1.807) is 24.3 Å². The number of hydrogen-bond acceptors (Lipinski definition) is 7. The molecule has 45 heavy (non-hydrogen) atoms. The van der Waals surface area contributed by atoms with E-state index in [1.807, 2.05) is 60.7 Å². The molecule has 0 aliphatic carbocycles. The van der Waals surface area contributed by atoms with Gasteiger partial charge in [-0.1, -0.05) is 85.5 Å². The summed E-state index contributed by atoms with van der Waals surface area (Å²) in [5, 5.41) is 20.2. The lowest BCUT2D eigenvalue weighted by Gasteiger charge is -2.23. The van der Waals surface area contributed by atoms with E-state index in [0.29, 0.717) is 30.6 Å². The van der Waals surface area contributed by atoms with Crippen LogP contribution < -0.4 is 21.3 Å². The van der Waals surface area contributed by atoms with E-state index in [9.17, 15) is 24.3 Å². The van der Waals surface area contributed by atoms with Crippen molar-refractivity contribution in [2.24, 2.45) is 0 Å². The molecule has 0 aromatic heterocycles. The van der Waals surface area contributed by atoms with E-state index >= 15 is 0 Å². The Morgan fingerprint density at radius 2 is 1.40 bits per heavy atom. The van der Waals surface area contributed by atoms with Gasteiger partial charge in [0.1, 0.15) is 25.3 Å². The lowest BCUT2D eigenvalue weighted by molar-refractivity contribution is -0.128. The number of anilines is 1. The minimum absolute atomic E-state index is 0.0294. The maximum Gasteiger partial charge on any atom is 0.408 e. The molecule has 238 valence electrons. The van der Waals surface area contributed by atoms with Crippen LogP contribution in [0.1, 0.15) is 36.0 Å². The first-order valence-electron chi connectivity index (χ1n) is 14.7. The Bertz CT molecular complexity index is 1370. The fourth-order valence-corrected chi connectivity index (χ4v) is 4.28. The van der Waals surface area contributed by atoms with Gasteiger partial charge in [0.25, 0.3) is 0 Å². The van der Waals surface area contributed by atoms with Gasteiger partial charge in [0.2, 0.25) is 11.8 Å². The average molecular weight is 617 g/mol. The van der Waals surface area contributed by atoms with E-state index in [-0.39, 0.29) is 32.7 Å².